The predicted molar refractivity (Wildman–Crippen MR) is 71.3 cm³/mol. The summed E-state index contributed by atoms with van der Waals surface area (Å²) in [5, 5.41) is 10.5. The lowest BCUT2D eigenvalue weighted by Gasteiger charge is -2.14. The molecule has 0 amide bonds. The van der Waals surface area contributed by atoms with E-state index in [9.17, 15) is 9.50 Å². The first-order valence-electron chi connectivity index (χ1n) is 5.75. The van der Waals surface area contributed by atoms with Crippen LogP contribution in [0.4, 0.5) is 4.39 Å². The van der Waals surface area contributed by atoms with E-state index in [1.807, 2.05) is 31.2 Å². The smallest absolute Gasteiger partial charge is 0.129 e. The maximum Gasteiger partial charge on any atom is 0.129 e. The molecule has 0 spiro atoms. The van der Waals surface area contributed by atoms with Gasteiger partial charge in [0.2, 0.25) is 0 Å². The highest BCUT2D eigenvalue weighted by Gasteiger charge is 2.14. The van der Waals surface area contributed by atoms with Crippen LogP contribution in [0.25, 0.3) is 0 Å². The van der Waals surface area contributed by atoms with Crippen LogP contribution >= 0.6 is 11.6 Å². The molecule has 3 heteroatoms. The fourth-order valence-electron chi connectivity index (χ4n) is 1.93. The van der Waals surface area contributed by atoms with Crippen LogP contribution in [0.15, 0.2) is 42.5 Å². The van der Waals surface area contributed by atoms with E-state index in [4.69, 9.17) is 11.6 Å². The Morgan fingerprint density at radius 3 is 2.67 bits per heavy atom. The molecule has 0 aliphatic carbocycles. The number of halogens is 2. The molecule has 0 aliphatic rings. The van der Waals surface area contributed by atoms with Crippen molar-refractivity contribution in [2.75, 3.05) is 0 Å². The van der Waals surface area contributed by atoms with Gasteiger partial charge in [-0.15, -0.1) is 0 Å². The number of aliphatic hydroxyl groups excluding tert-OH is 1. The van der Waals surface area contributed by atoms with Crippen molar-refractivity contribution in [3.63, 3.8) is 0 Å². The molecule has 0 bridgehead atoms. The Morgan fingerprint density at radius 1 is 1.22 bits per heavy atom. The molecule has 94 valence electrons. The van der Waals surface area contributed by atoms with Gasteiger partial charge in [0.1, 0.15) is 5.82 Å². The summed E-state index contributed by atoms with van der Waals surface area (Å²) in [6, 6.07) is 12.0. The highest BCUT2D eigenvalue weighted by molar-refractivity contribution is 6.30. The fraction of sp³-hybridized carbons (Fsp3) is 0.200. The van der Waals surface area contributed by atoms with Crippen LogP contribution in [0, 0.1) is 12.7 Å². The molecule has 2 rings (SSSR count). The van der Waals surface area contributed by atoms with Crippen LogP contribution < -0.4 is 0 Å². The standard InChI is InChI=1S/C15H14ClFO/c1-10-4-2-3-5-11(10)8-15(18)13-9-12(16)6-7-14(13)17/h2-7,9,15,18H,8H2,1H3. The molecule has 0 aliphatic heterocycles. The zero-order valence-electron chi connectivity index (χ0n) is 10.0. The molecule has 0 heterocycles. The van der Waals surface area contributed by atoms with E-state index >= 15 is 0 Å². The number of hydrogen-bond donors (Lipinski definition) is 1. The van der Waals surface area contributed by atoms with Gasteiger partial charge in [0.05, 0.1) is 6.10 Å². The van der Waals surface area contributed by atoms with Gasteiger partial charge in [-0.3, -0.25) is 0 Å². The quantitative estimate of drug-likeness (QED) is 0.886. The first-order chi connectivity index (χ1) is 8.58. The number of aryl methyl sites for hydroxylation is 1. The lowest BCUT2D eigenvalue weighted by atomic mass is 9.98. The van der Waals surface area contributed by atoms with Crippen LogP contribution in [0.2, 0.25) is 5.02 Å². The summed E-state index contributed by atoms with van der Waals surface area (Å²) in [5.41, 5.74) is 2.33. The summed E-state index contributed by atoms with van der Waals surface area (Å²) in [4.78, 5) is 0. The zero-order chi connectivity index (χ0) is 13.1. The van der Waals surface area contributed by atoms with E-state index in [1.54, 1.807) is 0 Å². The number of benzene rings is 2. The van der Waals surface area contributed by atoms with E-state index in [-0.39, 0.29) is 5.56 Å². The van der Waals surface area contributed by atoms with Crippen molar-refractivity contribution in [3.05, 3.63) is 70.0 Å². The molecule has 0 aromatic heterocycles. The lowest BCUT2D eigenvalue weighted by Crippen LogP contribution is -2.05. The van der Waals surface area contributed by atoms with Crippen LogP contribution in [0.5, 0.6) is 0 Å². The third kappa shape index (κ3) is 2.89. The van der Waals surface area contributed by atoms with Gasteiger partial charge >= 0.3 is 0 Å². The lowest BCUT2D eigenvalue weighted by molar-refractivity contribution is 0.173. The Hall–Kier alpha value is -1.38. The first kappa shape index (κ1) is 13.1. The summed E-state index contributed by atoms with van der Waals surface area (Å²) < 4.78 is 13.6. The molecule has 2 aromatic rings. The average Bonchev–Trinajstić information content (AvgIpc) is 2.35. The van der Waals surface area contributed by atoms with Gasteiger partial charge < -0.3 is 5.11 Å². The summed E-state index contributed by atoms with van der Waals surface area (Å²) in [6.07, 6.45) is -0.506. The molecule has 0 radical (unpaired) electrons. The fourth-order valence-corrected chi connectivity index (χ4v) is 2.11. The minimum Gasteiger partial charge on any atom is -0.388 e. The molecule has 18 heavy (non-hydrogen) atoms. The molecule has 1 atom stereocenters. The van der Waals surface area contributed by atoms with Crippen molar-refractivity contribution < 1.29 is 9.50 Å². The molecular weight excluding hydrogens is 251 g/mol. The average molecular weight is 265 g/mol. The molecule has 1 nitrogen and oxygen atoms in total. The third-order valence-corrected chi connectivity index (χ3v) is 3.23. The Morgan fingerprint density at radius 2 is 1.94 bits per heavy atom. The molecule has 2 aromatic carbocycles. The van der Waals surface area contributed by atoms with Gasteiger partial charge in [-0.05, 0) is 36.2 Å². The summed E-state index contributed by atoms with van der Waals surface area (Å²) in [6.45, 7) is 1.97. The van der Waals surface area contributed by atoms with E-state index in [1.165, 1.54) is 18.2 Å². The van der Waals surface area contributed by atoms with Gasteiger partial charge in [0, 0.05) is 17.0 Å². The molecule has 0 saturated heterocycles. The van der Waals surface area contributed by atoms with Crippen LogP contribution in [-0.2, 0) is 6.42 Å². The van der Waals surface area contributed by atoms with Crippen molar-refractivity contribution >= 4 is 11.6 Å². The van der Waals surface area contributed by atoms with Crippen molar-refractivity contribution in [1.29, 1.82) is 0 Å². The third-order valence-electron chi connectivity index (χ3n) is 2.99. The summed E-state index contributed by atoms with van der Waals surface area (Å²) >= 11 is 5.82. The largest absolute Gasteiger partial charge is 0.388 e. The van der Waals surface area contributed by atoms with Crippen molar-refractivity contribution in [2.45, 2.75) is 19.4 Å². The Labute approximate surface area is 111 Å². The van der Waals surface area contributed by atoms with Crippen LogP contribution in [0.1, 0.15) is 22.8 Å². The SMILES string of the molecule is Cc1ccccc1CC(O)c1cc(Cl)ccc1F. The van der Waals surface area contributed by atoms with Gasteiger partial charge in [-0.1, -0.05) is 35.9 Å². The second-order valence-corrected chi connectivity index (χ2v) is 4.75. The molecule has 1 N–H and O–H groups in total. The van der Waals surface area contributed by atoms with Crippen LogP contribution in [-0.4, -0.2) is 5.11 Å². The monoisotopic (exact) mass is 264 g/mol. The van der Waals surface area contributed by atoms with Gasteiger partial charge in [0.15, 0.2) is 0 Å². The Kier molecular flexibility index (Phi) is 4.00. The van der Waals surface area contributed by atoms with Crippen molar-refractivity contribution in [1.82, 2.24) is 0 Å². The minimum absolute atomic E-state index is 0.241. The van der Waals surface area contributed by atoms with E-state index < -0.39 is 11.9 Å². The molecule has 0 fully saturated rings. The Balaban J connectivity index is 2.25. The van der Waals surface area contributed by atoms with Gasteiger partial charge in [-0.25, -0.2) is 4.39 Å². The highest BCUT2D eigenvalue weighted by Crippen LogP contribution is 2.25. The van der Waals surface area contributed by atoms with E-state index in [0.29, 0.717) is 11.4 Å². The predicted octanol–water partition coefficient (Wildman–Crippen LogP) is 4.06. The van der Waals surface area contributed by atoms with E-state index in [2.05, 4.69) is 0 Å². The van der Waals surface area contributed by atoms with Crippen molar-refractivity contribution in [3.8, 4) is 0 Å². The summed E-state index contributed by atoms with van der Waals surface area (Å²) in [7, 11) is 0. The minimum atomic E-state index is -0.884. The topological polar surface area (TPSA) is 20.2 Å². The van der Waals surface area contributed by atoms with Crippen LogP contribution in [0.3, 0.4) is 0 Å². The van der Waals surface area contributed by atoms with Crippen molar-refractivity contribution in [2.24, 2.45) is 0 Å². The molecule has 0 saturated carbocycles. The molecular formula is C15H14ClFO. The Bertz CT molecular complexity index is 554. The molecule has 1 unspecified atom stereocenters. The maximum atomic E-state index is 13.6. The zero-order valence-corrected chi connectivity index (χ0v) is 10.8. The number of hydrogen-bond acceptors (Lipinski definition) is 1. The normalized spacial score (nSPS) is 12.4. The van der Waals surface area contributed by atoms with Gasteiger partial charge in [-0.2, -0.15) is 0 Å². The van der Waals surface area contributed by atoms with Gasteiger partial charge in [0.25, 0.3) is 0 Å². The maximum absolute atomic E-state index is 13.6. The number of rotatable bonds is 3. The highest BCUT2D eigenvalue weighted by atomic mass is 35.5. The first-order valence-corrected chi connectivity index (χ1v) is 6.13. The second-order valence-electron chi connectivity index (χ2n) is 4.31. The summed E-state index contributed by atoms with van der Waals surface area (Å²) in [5.74, 6) is -0.430. The van der Waals surface area contributed by atoms with E-state index in [0.717, 1.165) is 11.1 Å². The number of aliphatic hydroxyl groups is 1. The second kappa shape index (κ2) is 5.51.